The number of nitrogens with zero attached hydrogens (tertiary/aromatic N) is 2. The smallest absolute Gasteiger partial charge is 0.0719 e. The predicted molar refractivity (Wildman–Crippen MR) is 134 cm³/mol. The highest BCUT2D eigenvalue weighted by Gasteiger charge is 2.16. The van der Waals surface area contributed by atoms with Crippen molar-refractivity contribution in [2.45, 2.75) is 84.0 Å². The van der Waals surface area contributed by atoms with Crippen molar-refractivity contribution < 1.29 is 0 Å². The van der Waals surface area contributed by atoms with E-state index >= 15 is 0 Å². The second-order valence-corrected chi connectivity index (χ2v) is 8.74. The quantitative estimate of drug-likeness (QED) is 0.257. The predicted octanol–water partition coefficient (Wildman–Crippen LogP) is 8.20. The van der Waals surface area contributed by atoms with Crippen LogP contribution in [0.2, 0.25) is 0 Å². The fraction of sp³-hybridized carbons (Fsp3) is 0.552. The third kappa shape index (κ3) is 9.28. The van der Waals surface area contributed by atoms with Crippen LogP contribution in [0.3, 0.4) is 0 Å². The third-order valence-electron chi connectivity index (χ3n) is 6.20. The van der Waals surface area contributed by atoms with Crippen molar-refractivity contribution >= 4 is 0 Å². The summed E-state index contributed by atoms with van der Waals surface area (Å²) < 4.78 is 0. The van der Waals surface area contributed by atoms with Gasteiger partial charge >= 0.3 is 0 Å². The first kappa shape index (κ1) is 25.2. The van der Waals surface area contributed by atoms with Gasteiger partial charge in [0.15, 0.2) is 0 Å². The van der Waals surface area contributed by atoms with Crippen molar-refractivity contribution in [1.82, 2.24) is 4.90 Å². The number of rotatable bonds is 16. The summed E-state index contributed by atoms with van der Waals surface area (Å²) >= 11 is 0. The van der Waals surface area contributed by atoms with E-state index in [0.29, 0.717) is 0 Å². The molecule has 0 spiro atoms. The van der Waals surface area contributed by atoms with Gasteiger partial charge in [-0.1, -0.05) is 107 Å². The van der Waals surface area contributed by atoms with Gasteiger partial charge in [-0.3, -0.25) is 0 Å². The summed E-state index contributed by atoms with van der Waals surface area (Å²) in [7, 11) is 0. The molecule has 0 N–H and O–H groups in total. The van der Waals surface area contributed by atoms with Crippen molar-refractivity contribution in [2.24, 2.45) is 0 Å². The van der Waals surface area contributed by atoms with Gasteiger partial charge in [-0.05, 0) is 62.0 Å². The van der Waals surface area contributed by atoms with Gasteiger partial charge < -0.3 is 4.90 Å². The third-order valence-corrected chi connectivity index (χ3v) is 6.20. The lowest BCUT2D eigenvalue weighted by molar-refractivity contribution is 0.255. The Bertz CT molecular complexity index is 735. The van der Waals surface area contributed by atoms with E-state index in [2.05, 4.69) is 73.3 Å². The second-order valence-electron chi connectivity index (χ2n) is 8.74. The number of nitriles is 1. The van der Waals surface area contributed by atoms with E-state index in [4.69, 9.17) is 0 Å². The molecule has 0 bridgehead atoms. The van der Waals surface area contributed by atoms with Crippen molar-refractivity contribution in [3.05, 3.63) is 60.2 Å². The molecule has 1 unspecified atom stereocenters. The molecule has 0 aliphatic heterocycles. The summed E-state index contributed by atoms with van der Waals surface area (Å²) in [6.45, 7) is 8.09. The first-order valence-electron chi connectivity index (χ1n) is 12.6. The van der Waals surface area contributed by atoms with Gasteiger partial charge in [-0.25, -0.2) is 0 Å². The van der Waals surface area contributed by atoms with Crippen LogP contribution in [-0.4, -0.2) is 24.5 Å². The fourth-order valence-corrected chi connectivity index (χ4v) is 4.35. The van der Waals surface area contributed by atoms with Crippen LogP contribution in [0, 0.1) is 11.3 Å². The molecule has 0 aliphatic rings. The zero-order valence-electron chi connectivity index (χ0n) is 19.9. The molecule has 2 nitrogen and oxygen atoms in total. The molecular weight excluding hydrogens is 376 g/mol. The monoisotopic (exact) mass is 418 g/mol. The molecule has 0 saturated carbocycles. The summed E-state index contributed by atoms with van der Waals surface area (Å²) in [6.07, 6.45) is 12.6. The summed E-state index contributed by atoms with van der Waals surface area (Å²) in [5.41, 5.74) is 3.58. The Balaban J connectivity index is 1.94. The first-order valence-corrected chi connectivity index (χ1v) is 12.6. The Morgan fingerprint density at radius 1 is 0.710 bits per heavy atom. The van der Waals surface area contributed by atoms with Gasteiger partial charge in [0.1, 0.15) is 0 Å². The maximum atomic E-state index is 9.95. The lowest BCUT2D eigenvalue weighted by Gasteiger charge is -2.23. The molecule has 1 atom stereocenters. The Kier molecular flexibility index (Phi) is 12.7. The van der Waals surface area contributed by atoms with E-state index in [1.165, 1.54) is 81.1 Å². The van der Waals surface area contributed by atoms with Gasteiger partial charge in [0.2, 0.25) is 0 Å². The van der Waals surface area contributed by atoms with Crippen LogP contribution in [0.5, 0.6) is 0 Å². The summed E-state index contributed by atoms with van der Waals surface area (Å²) in [6, 6.07) is 21.5. The highest BCUT2D eigenvalue weighted by Crippen LogP contribution is 2.31. The average Bonchev–Trinajstić information content (AvgIpc) is 2.82. The standard InChI is InChI=1S/C29H42N2/c1-3-5-7-14-22-31(23-15-8-6-4-2)24-16-19-27(25-30)29-21-13-12-20-28(29)26-17-10-9-11-18-26/h9-13,17-18,20-21,27H,3-8,14-16,19,22-24H2,1-2H3. The van der Waals surface area contributed by atoms with E-state index in [1.54, 1.807) is 0 Å². The average molecular weight is 419 g/mol. The Labute approximate surface area is 191 Å². The molecule has 2 heteroatoms. The van der Waals surface area contributed by atoms with Crippen molar-refractivity contribution in [1.29, 1.82) is 5.26 Å². The normalized spacial score (nSPS) is 12.1. The van der Waals surface area contributed by atoms with E-state index in [0.717, 1.165) is 19.4 Å². The molecule has 0 aliphatic carbocycles. The number of hydrogen-bond donors (Lipinski definition) is 0. The zero-order chi connectivity index (χ0) is 22.2. The van der Waals surface area contributed by atoms with Crippen LogP contribution < -0.4 is 0 Å². The molecule has 2 rings (SSSR count). The molecule has 31 heavy (non-hydrogen) atoms. The van der Waals surface area contributed by atoms with Gasteiger partial charge in [-0.2, -0.15) is 5.26 Å². The minimum absolute atomic E-state index is 0.0431. The van der Waals surface area contributed by atoms with Crippen molar-refractivity contribution in [2.75, 3.05) is 19.6 Å². The van der Waals surface area contributed by atoms with Crippen molar-refractivity contribution in [3.63, 3.8) is 0 Å². The molecule has 0 radical (unpaired) electrons. The number of hydrogen-bond acceptors (Lipinski definition) is 2. The molecule has 0 saturated heterocycles. The van der Waals surface area contributed by atoms with Gasteiger partial charge in [-0.15, -0.1) is 0 Å². The van der Waals surface area contributed by atoms with Crippen LogP contribution >= 0.6 is 0 Å². The van der Waals surface area contributed by atoms with Gasteiger partial charge in [0, 0.05) is 0 Å². The molecule has 168 valence electrons. The zero-order valence-corrected chi connectivity index (χ0v) is 19.9. The first-order chi connectivity index (χ1) is 15.3. The fourth-order valence-electron chi connectivity index (χ4n) is 4.35. The second kappa shape index (κ2) is 15.7. The summed E-state index contributed by atoms with van der Waals surface area (Å²) in [5, 5.41) is 9.95. The van der Waals surface area contributed by atoms with E-state index < -0.39 is 0 Å². The highest BCUT2D eigenvalue weighted by molar-refractivity contribution is 5.68. The molecule has 0 heterocycles. The molecular formula is C29H42N2. The topological polar surface area (TPSA) is 27.0 Å². The van der Waals surface area contributed by atoms with E-state index in [1.807, 2.05) is 6.07 Å². The van der Waals surface area contributed by atoms with Crippen LogP contribution in [0.4, 0.5) is 0 Å². The molecule has 0 fully saturated rings. The van der Waals surface area contributed by atoms with E-state index in [-0.39, 0.29) is 5.92 Å². The van der Waals surface area contributed by atoms with Crippen LogP contribution in [-0.2, 0) is 0 Å². The van der Waals surface area contributed by atoms with Crippen LogP contribution in [0.1, 0.15) is 89.5 Å². The minimum atomic E-state index is -0.0431. The Morgan fingerprint density at radius 2 is 1.29 bits per heavy atom. The number of benzene rings is 2. The molecule has 0 amide bonds. The molecule has 2 aromatic rings. The number of unbranched alkanes of at least 4 members (excludes halogenated alkanes) is 6. The van der Waals surface area contributed by atoms with Gasteiger partial charge in [0.25, 0.3) is 0 Å². The Hall–Kier alpha value is -2.11. The minimum Gasteiger partial charge on any atom is -0.303 e. The van der Waals surface area contributed by atoms with Crippen LogP contribution in [0.25, 0.3) is 11.1 Å². The molecule has 0 aromatic heterocycles. The maximum absolute atomic E-state index is 9.95. The summed E-state index contributed by atoms with van der Waals surface area (Å²) in [5.74, 6) is -0.0431. The maximum Gasteiger partial charge on any atom is 0.0719 e. The Morgan fingerprint density at radius 3 is 1.90 bits per heavy atom. The van der Waals surface area contributed by atoms with Crippen molar-refractivity contribution in [3.8, 4) is 17.2 Å². The van der Waals surface area contributed by atoms with Crippen LogP contribution in [0.15, 0.2) is 54.6 Å². The largest absolute Gasteiger partial charge is 0.303 e. The lowest BCUT2D eigenvalue weighted by atomic mass is 9.88. The van der Waals surface area contributed by atoms with Gasteiger partial charge in [0.05, 0.1) is 12.0 Å². The highest BCUT2D eigenvalue weighted by atomic mass is 15.1. The van der Waals surface area contributed by atoms with E-state index in [9.17, 15) is 5.26 Å². The lowest BCUT2D eigenvalue weighted by Crippen LogP contribution is -2.27. The summed E-state index contributed by atoms with van der Waals surface area (Å²) in [4.78, 5) is 2.66. The SMILES string of the molecule is CCCCCCN(CCCCCC)CCCC(C#N)c1ccccc1-c1ccccc1. The molecule has 2 aromatic carbocycles.